The van der Waals surface area contributed by atoms with Crippen LogP contribution in [0.5, 0.6) is 0 Å². The van der Waals surface area contributed by atoms with Crippen LogP contribution in [-0.4, -0.2) is 49.0 Å². The molecule has 28 heavy (non-hydrogen) atoms. The monoisotopic (exact) mass is 520 g/mol. The number of hydrogen-bond acceptors (Lipinski definition) is 2. The summed E-state index contributed by atoms with van der Waals surface area (Å²) < 4.78 is 0. The van der Waals surface area contributed by atoms with Gasteiger partial charge in [-0.05, 0) is 31.0 Å². The average Bonchev–Trinajstić information content (AvgIpc) is 3.08. The normalized spacial score (nSPS) is 17.5. The molecule has 1 amide bonds. The van der Waals surface area contributed by atoms with Crippen LogP contribution in [0.2, 0.25) is 5.02 Å². The molecule has 1 aliphatic heterocycles. The summed E-state index contributed by atoms with van der Waals surface area (Å²) in [7, 11) is 0. The van der Waals surface area contributed by atoms with Crippen molar-refractivity contribution >= 4 is 47.4 Å². The summed E-state index contributed by atoms with van der Waals surface area (Å²) in [5.74, 6) is 1.08. The maximum absolute atomic E-state index is 12.2. The minimum atomic E-state index is -0.0950. The molecule has 0 spiro atoms. The molecule has 2 N–H and O–H groups in total. The number of nitrogens with one attached hydrogen (secondary N) is 2. The van der Waals surface area contributed by atoms with Crippen LogP contribution in [0.4, 0.5) is 0 Å². The van der Waals surface area contributed by atoms with Crippen molar-refractivity contribution in [2.24, 2.45) is 10.9 Å². The van der Waals surface area contributed by atoms with Gasteiger partial charge in [0.05, 0.1) is 6.54 Å². The Morgan fingerprint density at radius 3 is 2.54 bits per heavy atom. The Morgan fingerprint density at radius 1 is 1.32 bits per heavy atom. The fourth-order valence-corrected chi connectivity index (χ4v) is 3.35. The molecule has 0 radical (unpaired) electrons. The van der Waals surface area contributed by atoms with Crippen molar-refractivity contribution < 1.29 is 4.79 Å². The molecule has 1 aromatic carbocycles. The first-order chi connectivity index (χ1) is 12.7. The van der Waals surface area contributed by atoms with Crippen molar-refractivity contribution in [3.8, 4) is 0 Å². The van der Waals surface area contributed by atoms with E-state index in [1.165, 1.54) is 5.56 Å². The van der Waals surface area contributed by atoms with Gasteiger partial charge in [-0.15, -0.1) is 24.0 Å². The Labute approximate surface area is 191 Å². The number of rotatable bonds is 6. The lowest BCUT2D eigenvalue weighted by atomic mass is 9.85. The molecule has 1 aliphatic rings. The Kier molecular flexibility index (Phi) is 10.0. The molecule has 1 heterocycles. The molecule has 0 saturated carbocycles. The predicted octanol–water partition coefficient (Wildman–Crippen LogP) is 4.05. The molecule has 0 aliphatic carbocycles. The van der Waals surface area contributed by atoms with E-state index in [1.54, 1.807) is 0 Å². The first-order valence-electron chi connectivity index (χ1n) is 9.82. The molecule has 2 rings (SSSR count). The molecule has 0 bridgehead atoms. The molecule has 1 saturated heterocycles. The summed E-state index contributed by atoms with van der Waals surface area (Å²) in [5.41, 5.74) is 1.11. The van der Waals surface area contributed by atoms with Gasteiger partial charge in [0.15, 0.2) is 5.96 Å². The number of amides is 1. The summed E-state index contributed by atoms with van der Waals surface area (Å²) in [6, 6.07) is 8.20. The van der Waals surface area contributed by atoms with Crippen molar-refractivity contribution in [1.29, 1.82) is 0 Å². The number of guanidine groups is 1. The van der Waals surface area contributed by atoms with Gasteiger partial charge in [-0.3, -0.25) is 9.79 Å². The lowest BCUT2D eigenvalue weighted by molar-refractivity contribution is -0.133. The second-order valence-corrected chi connectivity index (χ2v) is 8.59. The Balaban J connectivity index is 0.00000392. The van der Waals surface area contributed by atoms with E-state index in [9.17, 15) is 4.79 Å². The number of likely N-dealkylation sites (tertiary alicyclic amines) is 1. The molecule has 7 heteroatoms. The van der Waals surface area contributed by atoms with Gasteiger partial charge < -0.3 is 15.5 Å². The number of halogens is 2. The Hall–Kier alpha value is -1.02. The summed E-state index contributed by atoms with van der Waals surface area (Å²) in [5, 5.41) is 7.57. The van der Waals surface area contributed by atoms with Crippen LogP contribution in [0.3, 0.4) is 0 Å². The van der Waals surface area contributed by atoms with Gasteiger partial charge in [0, 0.05) is 42.0 Å². The molecule has 1 atom stereocenters. The number of carbonyl (C=O) groups is 1. The molecular weight excluding hydrogens is 487 g/mol. The Morgan fingerprint density at radius 2 is 1.96 bits per heavy atom. The zero-order valence-electron chi connectivity index (χ0n) is 17.6. The number of hydrogen-bond donors (Lipinski definition) is 2. The third-order valence-electron chi connectivity index (χ3n) is 4.94. The van der Waals surface area contributed by atoms with E-state index in [0.717, 1.165) is 37.0 Å². The molecule has 5 nitrogen and oxygen atoms in total. The van der Waals surface area contributed by atoms with Crippen molar-refractivity contribution in [2.75, 3.05) is 26.2 Å². The maximum atomic E-state index is 12.2. The highest BCUT2D eigenvalue weighted by atomic mass is 127. The van der Waals surface area contributed by atoms with Crippen LogP contribution in [0.1, 0.15) is 46.6 Å². The largest absolute Gasteiger partial charge is 0.357 e. The van der Waals surface area contributed by atoms with E-state index in [4.69, 9.17) is 16.6 Å². The fourth-order valence-electron chi connectivity index (χ4n) is 3.23. The van der Waals surface area contributed by atoms with E-state index in [1.807, 2.05) is 30.9 Å². The van der Waals surface area contributed by atoms with Gasteiger partial charge in [0.2, 0.25) is 5.91 Å². The van der Waals surface area contributed by atoms with Crippen LogP contribution in [0, 0.1) is 5.92 Å². The van der Waals surface area contributed by atoms with Crippen molar-refractivity contribution in [3.63, 3.8) is 0 Å². The van der Waals surface area contributed by atoms with E-state index < -0.39 is 0 Å². The zero-order valence-corrected chi connectivity index (χ0v) is 20.7. The van der Waals surface area contributed by atoms with Crippen LogP contribution in [-0.2, 0) is 10.2 Å². The van der Waals surface area contributed by atoms with E-state index in [-0.39, 0.29) is 47.3 Å². The van der Waals surface area contributed by atoms with Gasteiger partial charge in [-0.1, -0.05) is 51.4 Å². The Bertz CT molecular complexity index is 661. The van der Waals surface area contributed by atoms with Gasteiger partial charge in [-0.2, -0.15) is 0 Å². The van der Waals surface area contributed by atoms with Crippen LogP contribution >= 0.6 is 35.6 Å². The van der Waals surface area contributed by atoms with Crippen molar-refractivity contribution in [2.45, 2.75) is 52.5 Å². The summed E-state index contributed by atoms with van der Waals surface area (Å²) >= 11 is 6.00. The molecule has 1 fully saturated rings. The zero-order chi connectivity index (χ0) is 20.0. The molecule has 1 unspecified atom stereocenters. The minimum Gasteiger partial charge on any atom is -0.357 e. The summed E-state index contributed by atoms with van der Waals surface area (Å²) in [6.45, 7) is 13.3. The summed E-state index contributed by atoms with van der Waals surface area (Å²) in [6.07, 6.45) is 0.948. The average molecular weight is 521 g/mol. The molecule has 158 valence electrons. The standard InChI is InChI=1S/C21H33ClN4O.HI/c1-6-23-20(25-18-11-12-26(13-18)19(27)15(2)3)24-14-21(4,5)16-7-9-17(22)10-8-16;/h7-10,15,18H,6,11-14H2,1-5H3,(H2,23,24,25);1H. The highest BCUT2D eigenvalue weighted by molar-refractivity contribution is 14.0. The number of carbonyl (C=O) groups excluding carboxylic acids is 1. The molecule has 0 aromatic heterocycles. The highest BCUT2D eigenvalue weighted by Crippen LogP contribution is 2.25. The third-order valence-corrected chi connectivity index (χ3v) is 5.19. The first-order valence-corrected chi connectivity index (χ1v) is 10.2. The maximum Gasteiger partial charge on any atom is 0.225 e. The minimum absolute atomic E-state index is 0. The molecular formula is C21H34ClIN4O. The topological polar surface area (TPSA) is 56.7 Å². The lowest BCUT2D eigenvalue weighted by Crippen LogP contribution is -2.45. The smallest absolute Gasteiger partial charge is 0.225 e. The molecule has 1 aromatic rings. The van der Waals surface area contributed by atoms with Gasteiger partial charge in [0.1, 0.15) is 0 Å². The number of aliphatic imine (C=N–C) groups is 1. The number of benzene rings is 1. The van der Waals surface area contributed by atoms with Crippen molar-refractivity contribution in [3.05, 3.63) is 34.9 Å². The number of nitrogens with zero attached hydrogens (tertiary/aromatic N) is 2. The van der Waals surface area contributed by atoms with Crippen LogP contribution in [0.15, 0.2) is 29.3 Å². The third kappa shape index (κ3) is 7.10. The van der Waals surface area contributed by atoms with Gasteiger partial charge in [0.25, 0.3) is 0 Å². The van der Waals surface area contributed by atoms with E-state index >= 15 is 0 Å². The van der Waals surface area contributed by atoms with Crippen LogP contribution in [0.25, 0.3) is 0 Å². The van der Waals surface area contributed by atoms with E-state index in [2.05, 4.69) is 43.5 Å². The van der Waals surface area contributed by atoms with Crippen molar-refractivity contribution in [1.82, 2.24) is 15.5 Å². The highest BCUT2D eigenvalue weighted by Gasteiger charge is 2.28. The van der Waals surface area contributed by atoms with Gasteiger partial charge in [-0.25, -0.2) is 0 Å². The predicted molar refractivity (Wildman–Crippen MR) is 129 cm³/mol. The lowest BCUT2D eigenvalue weighted by Gasteiger charge is -2.25. The first kappa shape index (κ1) is 25.0. The van der Waals surface area contributed by atoms with E-state index in [0.29, 0.717) is 6.54 Å². The SMILES string of the molecule is CCNC(=NCC(C)(C)c1ccc(Cl)cc1)NC1CCN(C(=O)C(C)C)C1.I. The second kappa shape index (κ2) is 11.2. The fraction of sp³-hybridized carbons (Fsp3) is 0.619. The van der Waals surface area contributed by atoms with Crippen LogP contribution < -0.4 is 10.6 Å². The summed E-state index contributed by atoms with van der Waals surface area (Å²) in [4.78, 5) is 18.9. The van der Waals surface area contributed by atoms with Gasteiger partial charge >= 0.3 is 0 Å². The quantitative estimate of drug-likeness (QED) is 0.338. The second-order valence-electron chi connectivity index (χ2n) is 8.15.